The van der Waals surface area contributed by atoms with Gasteiger partial charge in [-0.05, 0) is 33.6 Å². The summed E-state index contributed by atoms with van der Waals surface area (Å²) in [5.41, 5.74) is -1.19. The molecule has 0 aromatic rings. The maximum absolute atomic E-state index is 11.5. The molecule has 0 heterocycles. The van der Waals surface area contributed by atoms with Crippen LogP contribution >= 0.6 is 15.9 Å². The Kier molecular flexibility index (Phi) is 3.43. The van der Waals surface area contributed by atoms with Crippen molar-refractivity contribution in [1.29, 1.82) is 0 Å². The van der Waals surface area contributed by atoms with Gasteiger partial charge in [0.25, 0.3) is 0 Å². The highest BCUT2D eigenvalue weighted by atomic mass is 79.9. The number of Topliss-reactive ketones (excluding diaryl/α,β-unsaturated/α-hetero) is 1. The van der Waals surface area contributed by atoms with E-state index < -0.39 is 17.2 Å². The first-order chi connectivity index (χ1) is 6.79. The molecule has 0 aliphatic heterocycles. The zero-order valence-corrected chi connectivity index (χ0v) is 10.8. The van der Waals surface area contributed by atoms with Crippen molar-refractivity contribution in [2.24, 2.45) is 0 Å². The molecular weight excluding hydrogens is 262 g/mol. The number of ether oxygens (including phenoxy) is 1. The van der Waals surface area contributed by atoms with Gasteiger partial charge >= 0.3 is 6.09 Å². The van der Waals surface area contributed by atoms with Crippen molar-refractivity contribution in [3.8, 4) is 0 Å². The predicted octanol–water partition coefficient (Wildman–Crippen LogP) is 2.01. The highest BCUT2D eigenvalue weighted by Crippen LogP contribution is 2.37. The summed E-state index contributed by atoms with van der Waals surface area (Å²) in [7, 11) is 0. The lowest BCUT2D eigenvalue weighted by molar-refractivity contribution is -0.119. The molecule has 0 aromatic heterocycles. The fourth-order valence-electron chi connectivity index (χ4n) is 1.23. The number of halogens is 1. The van der Waals surface area contributed by atoms with Crippen LogP contribution in [0.5, 0.6) is 0 Å². The quantitative estimate of drug-likeness (QED) is 0.803. The molecule has 1 N–H and O–H groups in total. The van der Waals surface area contributed by atoms with Crippen molar-refractivity contribution in [3.05, 3.63) is 0 Å². The minimum absolute atomic E-state index is 0.00774. The summed E-state index contributed by atoms with van der Waals surface area (Å²) in [4.78, 5) is 22.9. The van der Waals surface area contributed by atoms with E-state index in [1.165, 1.54) is 0 Å². The lowest BCUT2D eigenvalue weighted by Crippen LogP contribution is -2.45. The molecule has 4 nitrogen and oxygen atoms in total. The van der Waals surface area contributed by atoms with Crippen LogP contribution in [-0.2, 0) is 9.53 Å². The first-order valence-electron chi connectivity index (χ1n) is 4.89. The van der Waals surface area contributed by atoms with Crippen LogP contribution in [0.1, 0.15) is 33.6 Å². The van der Waals surface area contributed by atoms with E-state index in [2.05, 4.69) is 21.2 Å². The van der Waals surface area contributed by atoms with Crippen LogP contribution in [-0.4, -0.2) is 28.3 Å². The zero-order chi connectivity index (χ0) is 11.7. The molecule has 0 bridgehead atoms. The van der Waals surface area contributed by atoms with Crippen molar-refractivity contribution in [2.75, 3.05) is 5.33 Å². The molecule has 0 unspecified atom stereocenters. The van der Waals surface area contributed by atoms with Crippen molar-refractivity contribution in [3.63, 3.8) is 0 Å². The van der Waals surface area contributed by atoms with E-state index in [4.69, 9.17) is 4.74 Å². The number of hydrogen-bond donors (Lipinski definition) is 1. The van der Waals surface area contributed by atoms with Gasteiger partial charge in [-0.1, -0.05) is 15.9 Å². The number of alkyl carbamates (subject to hydrolysis) is 1. The highest BCUT2D eigenvalue weighted by molar-refractivity contribution is 9.09. The van der Waals surface area contributed by atoms with Crippen LogP contribution in [0.4, 0.5) is 4.79 Å². The van der Waals surface area contributed by atoms with Crippen molar-refractivity contribution >= 4 is 27.8 Å². The van der Waals surface area contributed by atoms with E-state index >= 15 is 0 Å². The van der Waals surface area contributed by atoms with E-state index in [9.17, 15) is 9.59 Å². The first kappa shape index (κ1) is 12.5. The van der Waals surface area contributed by atoms with Gasteiger partial charge < -0.3 is 10.1 Å². The van der Waals surface area contributed by atoms with Gasteiger partial charge in [0.05, 0.1) is 5.33 Å². The van der Waals surface area contributed by atoms with Crippen LogP contribution in [0.15, 0.2) is 0 Å². The molecular formula is C10H16BrNO3. The summed E-state index contributed by atoms with van der Waals surface area (Å²) in [6.07, 6.45) is 0.891. The maximum atomic E-state index is 11.5. The first-order valence-corrected chi connectivity index (χ1v) is 6.02. The molecule has 86 valence electrons. The monoisotopic (exact) mass is 277 g/mol. The Morgan fingerprint density at radius 1 is 1.40 bits per heavy atom. The Balaban J connectivity index is 2.49. The Morgan fingerprint density at radius 3 is 2.27 bits per heavy atom. The number of carbonyl (C=O) groups excluding carboxylic acids is 2. The van der Waals surface area contributed by atoms with E-state index in [0.29, 0.717) is 12.8 Å². The largest absolute Gasteiger partial charge is 0.444 e. The molecule has 1 amide bonds. The molecule has 1 aliphatic carbocycles. The van der Waals surface area contributed by atoms with E-state index in [1.54, 1.807) is 20.8 Å². The summed E-state index contributed by atoms with van der Waals surface area (Å²) in [5, 5.41) is 2.90. The topological polar surface area (TPSA) is 55.4 Å². The fraction of sp³-hybridized carbons (Fsp3) is 0.800. The second-order valence-electron chi connectivity index (χ2n) is 4.77. The van der Waals surface area contributed by atoms with Crippen LogP contribution in [0.25, 0.3) is 0 Å². The smallest absolute Gasteiger partial charge is 0.408 e. The number of carbonyl (C=O) groups is 2. The summed E-state index contributed by atoms with van der Waals surface area (Å²) < 4.78 is 5.09. The van der Waals surface area contributed by atoms with Gasteiger partial charge in [-0.2, -0.15) is 0 Å². The SMILES string of the molecule is CC(C)(C)OC(=O)NC1(C(=O)CBr)CC1. The van der Waals surface area contributed by atoms with Crippen molar-refractivity contribution in [2.45, 2.75) is 44.8 Å². The standard InChI is InChI=1S/C10H16BrNO3/c1-9(2,3)15-8(14)12-10(4-5-10)7(13)6-11/h4-6H2,1-3H3,(H,12,14). The summed E-state index contributed by atoms with van der Waals surface area (Å²) in [6.45, 7) is 5.37. The Morgan fingerprint density at radius 2 is 1.93 bits per heavy atom. The molecule has 5 heteroatoms. The predicted molar refractivity (Wildman–Crippen MR) is 60.1 cm³/mol. The molecule has 1 aliphatic rings. The summed E-state index contributed by atoms with van der Waals surface area (Å²) in [5.74, 6) is 0.00774. The second kappa shape index (κ2) is 4.12. The lowest BCUT2D eigenvalue weighted by Gasteiger charge is -2.22. The third-order valence-electron chi connectivity index (χ3n) is 2.15. The van der Waals surface area contributed by atoms with Crippen LogP contribution in [0, 0.1) is 0 Å². The number of alkyl halides is 1. The Bertz CT molecular complexity index is 279. The average molecular weight is 278 g/mol. The van der Waals surface area contributed by atoms with Gasteiger partial charge in [0, 0.05) is 0 Å². The fourth-order valence-corrected chi connectivity index (χ4v) is 1.76. The van der Waals surface area contributed by atoms with Gasteiger partial charge in [-0.15, -0.1) is 0 Å². The lowest BCUT2D eigenvalue weighted by atomic mass is 10.2. The molecule has 0 radical (unpaired) electrons. The van der Waals surface area contributed by atoms with Gasteiger partial charge in [-0.3, -0.25) is 4.79 Å². The molecule has 1 rings (SSSR count). The van der Waals surface area contributed by atoms with Gasteiger partial charge in [-0.25, -0.2) is 4.79 Å². The van der Waals surface area contributed by atoms with Crippen molar-refractivity contribution in [1.82, 2.24) is 5.32 Å². The van der Waals surface area contributed by atoms with Crippen LogP contribution < -0.4 is 5.32 Å². The van der Waals surface area contributed by atoms with E-state index in [-0.39, 0.29) is 11.1 Å². The van der Waals surface area contributed by atoms with E-state index in [1.807, 2.05) is 0 Å². The number of amides is 1. The average Bonchev–Trinajstić information content (AvgIpc) is 2.80. The highest BCUT2D eigenvalue weighted by Gasteiger charge is 2.50. The summed E-state index contributed by atoms with van der Waals surface area (Å²) >= 11 is 3.10. The molecule has 0 saturated heterocycles. The molecule has 0 atom stereocenters. The number of nitrogens with one attached hydrogen (secondary N) is 1. The summed E-state index contributed by atoms with van der Waals surface area (Å²) in [6, 6.07) is 0. The number of rotatable bonds is 3. The molecule has 15 heavy (non-hydrogen) atoms. The maximum Gasteiger partial charge on any atom is 0.408 e. The van der Waals surface area contributed by atoms with Crippen molar-refractivity contribution < 1.29 is 14.3 Å². The molecule has 0 aromatic carbocycles. The van der Waals surface area contributed by atoms with Crippen LogP contribution in [0.3, 0.4) is 0 Å². The molecule has 1 saturated carbocycles. The molecule has 0 spiro atoms. The Hall–Kier alpha value is -0.580. The third kappa shape index (κ3) is 3.48. The number of ketones is 1. The van der Waals surface area contributed by atoms with Gasteiger partial charge in [0.1, 0.15) is 11.1 Å². The Labute approximate surface area is 97.9 Å². The molecule has 1 fully saturated rings. The van der Waals surface area contributed by atoms with Crippen LogP contribution in [0.2, 0.25) is 0 Å². The minimum Gasteiger partial charge on any atom is -0.444 e. The van der Waals surface area contributed by atoms with Gasteiger partial charge in [0.15, 0.2) is 5.78 Å². The second-order valence-corrected chi connectivity index (χ2v) is 5.33. The normalized spacial score (nSPS) is 18.1. The zero-order valence-electron chi connectivity index (χ0n) is 9.22. The van der Waals surface area contributed by atoms with Gasteiger partial charge in [0.2, 0.25) is 0 Å². The van der Waals surface area contributed by atoms with E-state index in [0.717, 1.165) is 0 Å². The number of hydrogen-bond acceptors (Lipinski definition) is 3. The third-order valence-corrected chi connectivity index (χ3v) is 2.65. The minimum atomic E-state index is -0.661.